The zero-order valence-corrected chi connectivity index (χ0v) is 25.2. The van der Waals surface area contributed by atoms with E-state index in [9.17, 15) is 0 Å². The molecule has 0 aliphatic heterocycles. The van der Waals surface area contributed by atoms with E-state index in [-0.39, 0.29) is 0 Å². The van der Waals surface area contributed by atoms with Crippen LogP contribution in [0.15, 0.2) is 39.6 Å². The summed E-state index contributed by atoms with van der Waals surface area (Å²) in [5.41, 5.74) is 2.95. The van der Waals surface area contributed by atoms with Crippen LogP contribution in [0.4, 0.5) is 0 Å². The summed E-state index contributed by atoms with van der Waals surface area (Å²) in [6.07, 6.45) is 15.6. The third-order valence-electron chi connectivity index (χ3n) is 7.06. The van der Waals surface area contributed by atoms with Crippen molar-refractivity contribution in [2.45, 2.75) is 125 Å². The molecule has 0 bridgehead atoms. The molecule has 0 heterocycles. The van der Waals surface area contributed by atoms with E-state index in [1.807, 2.05) is 0 Å². The second kappa shape index (κ2) is 15.7. The fraction of sp³-hybridized carbons (Fsp3) is 0.714. The van der Waals surface area contributed by atoms with Crippen LogP contribution >= 0.6 is 0 Å². The van der Waals surface area contributed by atoms with Gasteiger partial charge in [-0.15, -0.1) is 0 Å². The maximum absolute atomic E-state index is 2.95. The zero-order chi connectivity index (χ0) is 22.3. The Morgan fingerprint density at radius 3 is 1.67 bits per heavy atom. The molecular weight excluding hydrogens is 483 g/mol. The van der Waals surface area contributed by atoms with Crippen LogP contribution in [0.1, 0.15) is 98.3 Å². The van der Waals surface area contributed by atoms with Crippen LogP contribution in [-0.2, 0) is 0 Å². The Bertz CT molecular complexity index is 554. The van der Waals surface area contributed by atoms with Crippen molar-refractivity contribution in [3.63, 3.8) is 0 Å². The Labute approximate surface area is 195 Å². The summed E-state index contributed by atoms with van der Waals surface area (Å²) in [5, 5.41) is 1.62. The van der Waals surface area contributed by atoms with E-state index in [1.165, 1.54) is 70.6 Å². The molecule has 2 heteroatoms. The summed E-state index contributed by atoms with van der Waals surface area (Å²) in [7, 11) is -1.55. The van der Waals surface area contributed by atoms with Crippen molar-refractivity contribution in [2.75, 3.05) is 0 Å². The maximum atomic E-state index is 2.95. The van der Waals surface area contributed by atoms with Crippen LogP contribution < -0.4 is 5.19 Å². The molecule has 1 aromatic carbocycles. The van der Waals surface area contributed by atoms with Crippen molar-refractivity contribution in [3.8, 4) is 0 Å². The molecular formula is C28H52SiSn. The zero-order valence-electron chi connectivity index (χ0n) is 21.4. The van der Waals surface area contributed by atoms with E-state index >= 15 is 0 Å². The van der Waals surface area contributed by atoms with E-state index in [0.717, 1.165) is 0 Å². The normalized spacial score (nSPS) is 13.1. The Kier molecular flexibility index (Phi) is 14.7. The molecule has 1 aromatic rings. The topological polar surface area (TPSA) is 0 Å². The SMILES string of the molecule is CCCCCC/[C](=C/[Si](C)(C)c1ccccc1)[Sn]([CH2]CCC)([CH2]CCC)[CH2]CCC. The first kappa shape index (κ1) is 28.0. The fourth-order valence-electron chi connectivity index (χ4n) is 5.02. The number of hydrogen-bond donors (Lipinski definition) is 0. The van der Waals surface area contributed by atoms with Gasteiger partial charge in [0.2, 0.25) is 0 Å². The van der Waals surface area contributed by atoms with Crippen LogP contribution in [0, 0.1) is 0 Å². The van der Waals surface area contributed by atoms with Crippen molar-refractivity contribution in [2.24, 2.45) is 0 Å². The van der Waals surface area contributed by atoms with E-state index in [0.29, 0.717) is 0 Å². The standard InChI is InChI=1S/C16H25Si.3C4H9.Sn/c1-4-5-6-7-8-12-15-17(2,3)16-13-10-9-11-14-16;3*1-3-4-2;/h9-11,13-15H,4-8H2,1-3H3;3*1,3-4H2,2H3;. The van der Waals surface area contributed by atoms with Crippen LogP contribution in [0.25, 0.3) is 0 Å². The summed E-state index contributed by atoms with van der Waals surface area (Å²) in [4.78, 5) is 0. The molecule has 0 N–H and O–H groups in total. The predicted molar refractivity (Wildman–Crippen MR) is 145 cm³/mol. The van der Waals surface area contributed by atoms with Gasteiger partial charge < -0.3 is 0 Å². The Morgan fingerprint density at radius 2 is 1.20 bits per heavy atom. The van der Waals surface area contributed by atoms with Crippen molar-refractivity contribution in [1.82, 2.24) is 0 Å². The first-order chi connectivity index (χ1) is 14.5. The van der Waals surface area contributed by atoms with Crippen LogP contribution in [0.2, 0.25) is 26.4 Å². The van der Waals surface area contributed by atoms with Gasteiger partial charge in [0.05, 0.1) is 0 Å². The summed E-state index contributed by atoms with van der Waals surface area (Å²) in [5.74, 6) is 0. The van der Waals surface area contributed by atoms with Gasteiger partial charge in [0.25, 0.3) is 0 Å². The number of unbranched alkanes of at least 4 members (excludes halogenated alkanes) is 6. The second-order valence-electron chi connectivity index (χ2n) is 10.2. The molecule has 0 radical (unpaired) electrons. The molecule has 0 aliphatic carbocycles. The summed E-state index contributed by atoms with van der Waals surface area (Å²) >= 11 is -2.34. The number of hydrogen-bond acceptors (Lipinski definition) is 0. The van der Waals surface area contributed by atoms with Gasteiger partial charge >= 0.3 is 196 Å². The van der Waals surface area contributed by atoms with Gasteiger partial charge in [0.1, 0.15) is 0 Å². The van der Waals surface area contributed by atoms with E-state index in [4.69, 9.17) is 0 Å². The first-order valence-corrected chi connectivity index (χ1v) is 23.8. The Morgan fingerprint density at radius 1 is 0.700 bits per heavy atom. The molecule has 0 aromatic heterocycles. The third kappa shape index (κ3) is 9.63. The van der Waals surface area contributed by atoms with Crippen LogP contribution in [0.5, 0.6) is 0 Å². The number of benzene rings is 1. The van der Waals surface area contributed by atoms with Crippen molar-refractivity contribution in [1.29, 1.82) is 0 Å². The van der Waals surface area contributed by atoms with Gasteiger partial charge in [-0.25, -0.2) is 0 Å². The van der Waals surface area contributed by atoms with E-state index < -0.39 is 26.5 Å². The number of allylic oxidation sites excluding steroid dienone is 1. The molecule has 30 heavy (non-hydrogen) atoms. The molecule has 0 saturated heterocycles. The average molecular weight is 536 g/mol. The summed E-state index contributed by atoms with van der Waals surface area (Å²) in [6, 6.07) is 11.5. The molecule has 172 valence electrons. The van der Waals surface area contributed by atoms with Crippen molar-refractivity contribution >= 4 is 31.6 Å². The minimum absolute atomic E-state index is 1.35. The molecule has 0 unspecified atom stereocenters. The molecule has 1 rings (SSSR count). The summed E-state index contributed by atoms with van der Waals surface area (Å²) < 4.78 is 6.91. The molecule has 0 nitrogen and oxygen atoms in total. The van der Waals surface area contributed by atoms with Gasteiger partial charge in [-0.3, -0.25) is 0 Å². The second-order valence-corrected chi connectivity index (χ2v) is 27.9. The van der Waals surface area contributed by atoms with Crippen LogP contribution in [0.3, 0.4) is 0 Å². The molecule has 0 amide bonds. The third-order valence-corrected chi connectivity index (χ3v) is 27.0. The quantitative estimate of drug-likeness (QED) is 0.138. The van der Waals surface area contributed by atoms with Gasteiger partial charge in [0, 0.05) is 0 Å². The predicted octanol–water partition coefficient (Wildman–Crippen LogP) is 9.43. The first-order valence-electron chi connectivity index (χ1n) is 13.2. The Balaban J connectivity index is 3.37. The van der Waals surface area contributed by atoms with Gasteiger partial charge in [-0.1, -0.05) is 0 Å². The monoisotopic (exact) mass is 536 g/mol. The molecule has 0 saturated carbocycles. The molecule has 0 spiro atoms. The van der Waals surface area contributed by atoms with E-state index in [2.05, 4.69) is 80.4 Å². The Hall–Kier alpha value is -0.0244. The fourth-order valence-corrected chi connectivity index (χ4v) is 29.0. The average Bonchev–Trinajstić information content (AvgIpc) is 2.76. The molecule has 0 fully saturated rings. The van der Waals surface area contributed by atoms with E-state index in [1.54, 1.807) is 18.5 Å². The van der Waals surface area contributed by atoms with Crippen LogP contribution in [-0.4, -0.2) is 26.5 Å². The van der Waals surface area contributed by atoms with Crippen molar-refractivity contribution < 1.29 is 0 Å². The molecule has 0 aliphatic rings. The summed E-state index contributed by atoms with van der Waals surface area (Å²) in [6.45, 7) is 14.8. The van der Waals surface area contributed by atoms with Gasteiger partial charge in [0.15, 0.2) is 0 Å². The van der Waals surface area contributed by atoms with Gasteiger partial charge in [-0.2, -0.15) is 0 Å². The minimum atomic E-state index is -2.34. The molecule has 0 atom stereocenters. The van der Waals surface area contributed by atoms with Gasteiger partial charge in [-0.05, 0) is 0 Å². The number of rotatable bonds is 17. The van der Waals surface area contributed by atoms with Crippen molar-refractivity contribution in [3.05, 3.63) is 39.6 Å².